The van der Waals surface area contributed by atoms with Gasteiger partial charge in [0.1, 0.15) is 11.4 Å². The average molecular weight is 467 g/mol. The Kier molecular flexibility index (Phi) is 5.47. The van der Waals surface area contributed by atoms with Gasteiger partial charge in [-0.15, -0.1) is 0 Å². The zero-order valence-corrected chi connectivity index (χ0v) is 19.9. The first kappa shape index (κ1) is 22.5. The lowest BCUT2D eigenvalue weighted by Crippen LogP contribution is -2.43. The molecule has 35 heavy (non-hydrogen) atoms. The highest BCUT2D eigenvalue weighted by molar-refractivity contribution is 6.07. The summed E-state index contributed by atoms with van der Waals surface area (Å²) >= 11 is 0. The Morgan fingerprint density at radius 1 is 0.886 bits per heavy atom. The van der Waals surface area contributed by atoms with Gasteiger partial charge in [0.05, 0.1) is 23.1 Å². The molecular formula is C28H26N4O3. The third kappa shape index (κ3) is 3.69. The standard InChI is InChI=1S/C28H26N4O3/c1-4-28(20-14-12-18(2)13-15-20)26(34)31(27(35)30-28)17-24-29-23-11-6-5-10-22(23)25(33)32(24)21-9-7-8-19(3)16-21/h5-16H,4,17H2,1-3H3,(H,30,35)/t28-/m1/s1. The number of fused-ring (bicyclic) bond motifs is 1. The van der Waals surface area contributed by atoms with Crippen molar-refractivity contribution in [1.29, 1.82) is 0 Å². The third-order valence-corrected chi connectivity index (χ3v) is 6.65. The molecule has 3 amide bonds. The van der Waals surface area contributed by atoms with E-state index in [1.54, 1.807) is 18.2 Å². The fourth-order valence-electron chi connectivity index (χ4n) is 4.71. The average Bonchev–Trinajstić information content (AvgIpc) is 3.10. The summed E-state index contributed by atoms with van der Waals surface area (Å²) in [6.07, 6.45) is 0.396. The fraction of sp³-hybridized carbons (Fsp3) is 0.214. The maximum Gasteiger partial charge on any atom is 0.325 e. The quantitative estimate of drug-likeness (QED) is 0.443. The minimum atomic E-state index is -1.16. The lowest BCUT2D eigenvalue weighted by molar-refractivity contribution is -0.132. The van der Waals surface area contributed by atoms with Crippen molar-refractivity contribution in [3.8, 4) is 5.69 Å². The van der Waals surface area contributed by atoms with E-state index in [0.29, 0.717) is 28.8 Å². The van der Waals surface area contributed by atoms with Gasteiger partial charge in [0.25, 0.3) is 11.5 Å². The van der Waals surface area contributed by atoms with E-state index in [1.165, 1.54) is 4.57 Å². The molecule has 0 bridgehead atoms. The predicted molar refractivity (Wildman–Crippen MR) is 134 cm³/mol. The smallest absolute Gasteiger partial charge is 0.319 e. The van der Waals surface area contributed by atoms with E-state index >= 15 is 0 Å². The van der Waals surface area contributed by atoms with Crippen LogP contribution >= 0.6 is 0 Å². The Morgan fingerprint density at radius 2 is 1.63 bits per heavy atom. The van der Waals surface area contributed by atoms with E-state index in [9.17, 15) is 14.4 Å². The summed E-state index contributed by atoms with van der Waals surface area (Å²) in [5.41, 5.74) is 2.52. The number of urea groups is 1. The normalized spacial score (nSPS) is 17.7. The minimum absolute atomic E-state index is 0.133. The molecule has 1 N–H and O–H groups in total. The van der Waals surface area contributed by atoms with Gasteiger partial charge in [-0.25, -0.2) is 9.78 Å². The molecule has 3 aromatic carbocycles. The second-order valence-electron chi connectivity index (χ2n) is 8.97. The van der Waals surface area contributed by atoms with Crippen molar-refractivity contribution in [3.63, 3.8) is 0 Å². The van der Waals surface area contributed by atoms with Crippen molar-refractivity contribution in [1.82, 2.24) is 19.8 Å². The van der Waals surface area contributed by atoms with Crippen LogP contribution in [0.15, 0.2) is 77.6 Å². The second kappa shape index (κ2) is 8.51. The molecule has 1 aliphatic rings. The molecule has 7 heteroatoms. The van der Waals surface area contributed by atoms with Crippen LogP contribution in [0.5, 0.6) is 0 Å². The zero-order chi connectivity index (χ0) is 24.7. The van der Waals surface area contributed by atoms with Crippen molar-refractivity contribution in [3.05, 3.63) is 106 Å². The van der Waals surface area contributed by atoms with E-state index in [4.69, 9.17) is 4.98 Å². The maximum absolute atomic E-state index is 13.7. The Morgan fingerprint density at radius 3 is 2.34 bits per heavy atom. The number of amides is 3. The molecule has 7 nitrogen and oxygen atoms in total. The molecule has 1 fully saturated rings. The van der Waals surface area contributed by atoms with Crippen LogP contribution in [0.2, 0.25) is 0 Å². The molecular weight excluding hydrogens is 440 g/mol. The fourth-order valence-corrected chi connectivity index (χ4v) is 4.71. The first-order valence-electron chi connectivity index (χ1n) is 11.6. The first-order valence-corrected chi connectivity index (χ1v) is 11.6. The van der Waals surface area contributed by atoms with Crippen LogP contribution in [-0.2, 0) is 16.9 Å². The molecule has 4 aromatic rings. The highest BCUT2D eigenvalue weighted by Gasteiger charge is 2.51. The van der Waals surface area contributed by atoms with Crippen LogP contribution < -0.4 is 10.9 Å². The summed E-state index contributed by atoms with van der Waals surface area (Å²) in [5, 5.41) is 3.39. The van der Waals surface area contributed by atoms with Gasteiger partial charge in [-0.05, 0) is 55.7 Å². The number of imide groups is 1. The van der Waals surface area contributed by atoms with Crippen LogP contribution in [0.3, 0.4) is 0 Å². The van der Waals surface area contributed by atoms with Crippen LogP contribution in [0.4, 0.5) is 4.79 Å². The number of carbonyl (C=O) groups is 2. The van der Waals surface area contributed by atoms with Crippen molar-refractivity contribution >= 4 is 22.8 Å². The summed E-state index contributed by atoms with van der Waals surface area (Å²) in [4.78, 5) is 46.3. The molecule has 1 atom stereocenters. The number of aryl methyl sites for hydroxylation is 2. The number of aromatic nitrogens is 2. The molecule has 0 radical (unpaired) electrons. The monoisotopic (exact) mass is 466 g/mol. The van der Waals surface area contributed by atoms with Gasteiger partial charge < -0.3 is 5.32 Å². The number of para-hydroxylation sites is 1. The molecule has 176 valence electrons. The highest BCUT2D eigenvalue weighted by Crippen LogP contribution is 2.33. The summed E-state index contributed by atoms with van der Waals surface area (Å²) in [7, 11) is 0. The van der Waals surface area contributed by atoms with Gasteiger partial charge >= 0.3 is 6.03 Å². The predicted octanol–water partition coefficient (Wildman–Crippen LogP) is 4.36. The third-order valence-electron chi connectivity index (χ3n) is 6.65. The van der Waals surface area contributed by atoms with Gasteiger partial charge in [-0.1, -0.05) is 61.0 Å². The summed E-state index contributed by atoms with van der Waals surface area (Å²) in [6.45, 7) is 5.65. The maximum atomic E-state index is 13.7. The molecule has 5 rings (SSSR count). The topological polar surface area (TPSA) is 84.3 Å². The minimum Gasteiger partial charge on any atom is -0.319 e. The van der Waals surface area contributed by atoms with Crippen LogP contribution in [0.25, 0.3) is 16.6 Å². The largest absolute Gasteiger partial charge is 0.325 e. The van der Waals surface area contributed by atoms with E-state index in [2.05, 4.69) is 5.32 Å². The number of benzene rings is 3. The van der Waals surface area contributed by atoms with Crippen molar-refractivity contribution in [2.24, 2.45) is 0 Å². The Bertz CT molecular complexity index is 1520. The van der Waals surface area contributed by atoms with Gasteiger partial charge in [-0.3, -0.25) is 19.1 Å². The second-order valence-corrected chi connectivity index (χ2v) is 8.97. The zero-order valence-electron chi connectivity index (χ0n) is 19.9. The number of nitrogens with one attached hydrogen (secondary N) is 1. The van der Waals surface area contributed by atoms with Gasteiger partial charge in [-0.2, -0.15) is 0 Å². The molecule has 1 saturated heterocycles. The highest BCUT2D eigenvalue weighted by atomic mass is 16.2. The van der Waals surface area contributed by atoms with E-state index < -0.39 is 11.6 Å². The molecule has 1 aromatic heterocycles. The van der Waals surface area contributed by atoms with Gasteiger partial charge in [0, 0.05) is 0 Å². The summed E-state index contributed by atoms with van der Waals surface area (Å²) in [6, 6.07) is 21.7. The van der Waals surface area contributed by atoms with Crippen molar-refractivity contribution < 1.29 is 9.59 Å². The number of hydrogen-bond donors (Lipinski definition) is 1. The first-order chi connectivity index (χ1) is 16.8. The van der Waals surface area contributed by atoms with Gasteiger partial charge in [0.15, 0.2) is 0 Å². The van der Waals surface area contributed by atoms with Crippen LogP contribution in [0, 0.1) is 13.8 Å². The summed E-state index contributed by atoms with van der Waals surface area (Å²) in [5.74, 6) is -0.0364. The SMILES string of the molecule is CC[C@]1(c2ccc(C)cc2)NC(=O)N(Cc2nc3ccccc3c(=O)n2-c2cccc(C)c2)C1=O. The number of nitrogens with zero attached hydrogens (tertiary/aromatic N) is 3. The molecule has 0 spiro atoms. The Balaban J connectivity index is 1.63. The Hall–Kier alpha value is -4.26. The lowest BCUT2D eigenvalue weighted by Gasteiger charge is -2.26. The van der Waals surface area contributed by atoms with E-state index in [1.807, 2.05) is 75.4 Å². The Labute approximate surface area is 203 Å². The summed E-state index contributed by atoms with van der Waals surface area (Å²) < 4.78 is 1.49. The van der Waals surface area contributed by atoms with Crippen molar-refractivity contribution in [2.75, 3.05) is 0 Å². The van der Waals surface area contributed by atoms with Gasteiger partial charge in [0.2, 0.25) is 0 Å². The number of rotatable bonds is 5. The number of hydrogen-bond acceptors (Lipinski definition) is 4. The van der Waals surface area contributed by atoms with Crippen LogP contribution in [-0.4, -0.2) is 26.4 Å². The molecule has 0 aliphatic carbocycles. The lowest BCUT2D eigenvalue weighted by atomic mass is 9.87. The molecule has 1 aliphatic heterocycles. The van der Waals surface area contributed by atoms with E-state index in [-0.39, 0.29) is 18.0 Å². The van der Waals surface area contributed by atoms with Crippen molar-refractivity contribution in [2.45, 2.75) is 39.3 Å². The molecule has 0 unspecified atom stereocenters. The van der Waals surface area contributed by atoms with Crippen LogP contribution in [0.1, 0.15) is 35.9 Å². The number of carbonyl (C=O) groups excluding carboxylic acids is 2. The molecule has 0 saturated carbocycles. The molecule has 2 heterocycles. The van der Waals surface area contributed by atoms with E-state index in [0.717, 1.165) is 21.6 Å².